The van der Waals surface area contributed by atoms with Gasteiger partial charge in [-0.1, -0.05) is 26.0 Å². The third-order valence-corrected chi connectivity index (χ3v) is 4.71. The van der Waals surface area contributed by atoms with Crippen molar-refractivity contribution in [2.75, 3.05) is 13.1 Å². The second-order valence-corrected chi connectivity index (χ2v) is 7.11. The topological polar surface area (TPSA) is 71.1 Å². The van der Waals surface area contributed by atoms with E-state index in [1.807, 2.05) is 13.8 Å². The summed E-state index contributed by atoms with van der Waals surface area (Å²) < 4.78 is 12.9. The number of nitrogens with zero attached hydrogens (tertiary/aromatic N) is 1. The summed E-state index contributed by atoms with van der Waals surface area (Å²) in [5.41, 5.74) is 1.62. The van der Waals surface area contributed by atoms with Crippen LogP contribution in [0.2, 0.25) is 0 Å². The van der Waals surface area contributed by atoms with Crippen LogP contribution in [-0.2, 0) is 11.2 Å². The van der Waals surface area contributed by atoms with Crippen molar-refractivity contribution in [2.45, 2.75) is 27.2 Å². The predicted molar refractivity (Wildman–Crippen MR) is 96.2 cm³/mol. The first-order chi connectivity index (χ1) is 11.9. The fraction of sp³-hybridized carbons (Fsp3) is 0.389. The van der Waals surface area contributed by atoms with Gasteiger partial charge in [-0.2, -0.15) is 0 Å². The van der Waals surface area contributed by atoms with Gasteiger partial charge in [-0.3, -0.25) is 9.59 Å². The number of hydrogen-bond acceptors (Lipinski definition) is 4. The van der Waals surface area contributed by atoms with E-state index in [2.05, 4.69) is 15.6 Å². The van der Waals surface area contributed by atoms with Crippen molar-refractivity contribution in [1.29, 1.82) is 0 Å². The van der Waals surface area contributed by atoms with Crippen molar-refractivity contribution < 1.29 is 14.0 Å². The Kier molecular flexibility index (Phi) is 6.64. The Hall–Kier alpha value is -2.28. The summed E-state index contributed by atoms with van der Waals surface area (Å²) in [4.78, 5) is 28.7. The molecule has 0 unspecified atom stereocenters. The summed E-state index contributed by atoms with van der Waals surface area (Å²) in [6, 6.07) is 6.25. The summed E-state index contributed by atoms with van der Waals surface area (Å²) in [7, 11) is 0. The zero-order valence-corrected chi connectivity index (χ0v) is 15.4. The van der Waals surface area contributed by atoms with Crippen LogP contribution in [0.1, 0.15) is 39.8 Å². The number of carbonyl (C=O) groups is 2. The number of halogens is 1. The van der Waals surface area contributed by atoms with Crippen LogP contribution in [0.25, 0.3) is 0 Å². The molecule has 1 aromatic carbocycles. The maximum absolute atomic E-state index is 12.9. The van der Waals surface area contributed by atoms with E-state index < -0.39 is 0 Å². The van der Waals surface area contributed by atoms with Crippen LogP contribution >= 0.6 is 11.3 Å². The van der Waals surface area contributed by atoms with Crippen LogP contribution in [0, 0.1) is 18.7 Å². The van der Waals surface area contributed by atoms with Crippen molar-refractivity contribution in [1.82, 2.24) is 15.6 Å². The number of amides is 2. The minimum Gasteiger partial charge on any atom is -0.354 e. The van der Waals surface area contributed by atoms with Crippen LogP contribution in [0.4, 0.5) is 4.39 Å². The number of nitrogens with one attached hydrogen (secondary N) is 2. The molecule has 0 radical (unpaired) electrons. The van der Waals surface area contributed by atoms with Crippen LogP contribution in [0.15, 0.2) is 24.3 Å². The van der Waals surface area contributed by atoms with Gasteiger partial charge in [0, 0.05) is 25.4 Å². The predicted octanol–water partition coefficient (Wildman–Crippen LogP) is 2.68. The highest BCUT2D eigenvalue weighted by molar-refractivity contribution is 7.13. The Morgan fingerprint density at radius 2 is 1.80 bits per heavy atom. The molecule has 0 aliphatic heterocycles. The molecular formula is C18H22FN3O2S. The molecule has 25 heavy (non-hydrogen) atoms. The van der Waals surface area contributed by atoms with Crippen molar-refractivity contribution in [2.24, 2.45) is 5.92 Å². The van der Waals surface area contributed by atoms with Gasteiger partial charge in [0.25, 0.3) is 5.91 Å². The molecule has 5 nitrogen and oxygen atoms in total. The molecule has 2 rings (SSSR count). The Bertz CT molecular complexity index is 741. The lowest BCUT2D eigenvalue weighted by atomic mass is 10.1. The van der Waals surface area contributed by atoms with Gasteiger partial charge >= 0.3 is 0 Å². The molecule has 0 atom stereocenters. The molecule has 0 aliphatic rings. The SMILES string of the molecule is Cc1nc(Cc2ccc(F)cc2)sc1C(=O)NCCNC(=O)C(C)C. The summed E-state index contributed by atoms with van der Waals surface area (Å²) in [6.45, 7) is 6.18. The number of rotatable bonds is 7. The highest BCUT2D eigenvalue weighted by atomic mass is 32.1. The first-order valence-corrected chi connectivity index (χ1v) is 8.95. The van der Waals surface area contributed by atoms with Gasteiger partial charge in [-0.05, 0) is 24.6 Å². The minimum absolute atomic E-state index is 0.0372. The molecule has 2 amide bonds. The molecular weight excluding hydrogens is 341 g/mol. The number of benzene rings is 1. The molecule has 0 fully saturated rings. The normalized spacial score (nSPS) is 10.8. The zero-order valence-electron chi connectivity index (χ0n) is 14.6. The Balaban J connectivity index is 1.89. The largest absolute Gasteiger partial charge is 0.354 e. The number of aryl methyl sites for hydroxylation is 1. The van der Waals surface area contributed by atoms with E-state index >= 15 is 0 Å². The third-order valence-electron chi connectivity index (χ3n) is 3.55. The first kappa shape index (κ1) is 19.1. The molecule has 0 spiro atoms. The lowest BCUT2D eigenvalue weighted by molar-refractivity contribution is -0.123. The van der Waals surface area contributed by atoms with Crippen LogP contribution < -0.4 is 10.6 Å². The maximum Gasteiger partial charge on any atom is 0.263 e. The Labute approximate surface area is 150 Å². The molecule has 134 valence electrons. The molecule has 0 aliphatic carbocycles. The van der Waals surface area contributed by atoms with Crippen molar-refractivity contribution >= 4 is 23.2 Å². The van der Waals surface area contributed by atoms with Gasteiger partial charge in [0.05, 0.1) is 10.7 Å². The fourth-order valence-electron chi connectivity index (χ4n) is 2.16. The summed E-state index contributed by atoms with van der Waals surface area (Å²) >= 11 is 1.33. The number of carbonyl (C=O) groups excluding carboxylic acids is 2. The third kappa shape index (κ3) is 5.63. The van der Waals surface area contributed by atoms with Crippen LogP contribution in [0.5, 0.6) is 0 Å². The van der Waals surface area contributed by atoms with Gasteiger partial charge in [0.15, 0.2) is 0 Å². The molecule has 0 saturated carbocycles. The van der Waals surface area contributed by atoms with Gasteiger partial charge in [-0.15, -0.1) is 11.3 Å². The maximum atomic E-state index is 12.9. The smallest absolute Gasteiger partial charge is 0.263 e. The summed E-state index contributed by atoms with van der Waals surface area (Å²) in [6.07, 6.45) is 0.559. The minimum atomic E-state index is -0.274. The Morgan fingerprint density at radius 3 is 2.44 bits per heavy atom. The van der Waals surface area contributed by atoms with E-state index in [0.29, 0.717) is 30.1 Å². The summed E-state index contributed by atoms with van der Waals surface area (Å²) in [5.74, 6) is -0.582. The Morgan fingerprint density at radius 1 is 1.16 bits per heavy atom. The molecule has 7 heteroatoms. The lowest BCUT2D eigenvalue weighted by Gasteiger charge is -2.08. The summed E-state index contributed by atoms with van der Waals surface area (Å²) in [5, 5.41) is 6.34. The monoisotopic (exact) mass is 363 g/mol. The highest BCUT2D eigenvalue weighted by Crippen LogP contribution is 2.21. The zero-order chi connectivity index (χ0) is 18.4. The standard InChI is InChI=1S/C18H22FN3O2S/c1-11(2)17(23)20-8-9-21-18(24)16-12(3)22-15(25-16)10-13-4-6-14(19)7-5-13/h4-7,11H,8-10H2,1-3H3,(H,20,23)(H,21,24). The van der Waals surface area contributed by atoms with Crippen LogP contribution in [0.3, 0.4) is 0 Å². The second-order valence-electron chi connectivity index (χ2n) is 6.03. The van der Waals surface area contributed by atoms with Gasteiger partial charge in [0.1, 0.15) is 10.7 Å². The average molecular weight is 363 g/mol. The van der Waals surface area contributed by atoms with Crippen molar-refractivity contribution in [3.63, 3.8) is 0 Å². The van der Waals surface area contributed by atoms with Crippen molar-refractivity contribution in [3.8, 4) is 0 Å². The fourth-order valence-corrected chi connectivity index (χ4v) is 3.18. The average Bonchev–Trinajstić information content (AvgIpc) is 2.93. The molecule has 1 aromatic heterocycles. The highest BCUT2D eigenvalue weighted by Gasteiger charge is 2.15. The molecule has 2 N–H and O–H groups in total. The number of aromatic nitrogens is 1. The van der Waals surface area contributed by atoms with E-state index in [4.69, 9.17) is 0 Å². The van der Waals surface area contributed by atoms with Gasteiger partial charge in [0.2, 0.25) is 5.91 Å². The van der Waals surface area contributed by atoms with E-state index in [1.54, 1.807) is 19.1 Å². The van der Waals surface area contributed by atoms with E-state index in [1.165, 1.54) is 23.5 Å². The molecule has 1 heterocycles. The second kappa shape index (κ2) is 8.71. The van der Waals surface area contributed by atoms with E-state index in [9.17, 15) is 14.0 Å². The lowest BCUT2D eigenvalue weighted by Crippen LogP contribution is -2.36. The number of hydrogen-bond donors (Lipinski definition) is 2. The van der Waals surface area contributed by atoms with E-state index in [0.717, 1.165) is 10.6 Å². The van der Waals surface area contributed by atoms with Gasteiger partial charge < -0.3 is 10.6 Å². The molecule has 0 saturated heterocycles. The molecule has 2 aromatic rings. The first-order valence-electron chi connectivity index (χ1n) is 8.13. The number of thiazole rings is 1. The van der Waals surface area contributed by atoms with Crippen LogP contribution in [-0.4, -0.2) is 29.9 Å². The van der Waals surface area contributed by atoms with E-state index in [-0.39, 0.29) is 23.5 Å². The molecule has 0 bridgehead atoms. The van der Waals surface area contributed by atoms with Gasteiger partial charge in [-0.25, -0.2) is 9.37 Å². The van der Waals surface area contributed by atoms with Crippen molar-refractivity contribution in [3.05, 3.63) is 51.2 Å². The quantitative estimate of drug-likeness (QED) is 0.743.